The predicted molar refractivity (Wildman–Crippen MR) is 62.8 cm³/mol. The van der Waals surface area contributed by atoms with E-state index in [4.69, 9.17) is 29.7 Å². The molecule has 1 aromatic rings. The molecule has 0 aliphatic rings. The Balaban J connectivity index is 2.54. The molecule has 0 atom stereocenters. The number of nitrogens with zero attached hydrogens (tertiary/aromatic N) is 1. The Morgan fingerprint density at radius 3 is 2.79 bits per heavy atom. The quantitative estimate of drug-likeness (QED) is 0.459. The van der Waals surface area contributed by atoms with Gasteiger partial charge in [0.05, 0.1) is 0 Å². The second-order valence-corrected chi connectivity index (χ2v) is 3.65. The van der Waals surface area contributed by atoms with Gasteiger partial charge in [0, 0.05) is 18.6 Å². The molecule has 0 aliphatic heterocycles. The van der Waals surface area contributed by atoms with Crippen LogP contribution in [0, 0.1) is 0 Å². The molecule has 0 fully saturated rings. The van der Waals surface area contributed by atoms with Gasteiger partial charge >= 0.3 is 0 Å². The van der Waals surface area contributed by atoms with E-state index in [1.54, 1.807) is 7.05 Å². The molecular formula is C9H12ClN3S. The van der Waals surface area contributed by atoms with Crippen LogP contribution in [0.1, 0.15) is 5.56 Å². The number of nitrogens with two attached hydrogens (primary N) is 1. The minimum absolute atomic E-state index is 0.491. The van der Waals surface area contributed by atoms with Crippen LogP contribution >= 0.6 is 23.8 Å². The highest BCUT2D eigenvalue weighted by Gasteiger charge is 2.01. The summed E-state index contributed by atoms with van der Waals surface area (Å²) in [5.41, 5.74) is 0.998. The lowest BCUT2D eigenvalue weighted by molar-refractivity contribution is 0.524. The fourth-order valence-corrected chi connectivity index (χ4v) is 1.21. The average Bonchev–Trinajstić information content (AvgIpc) is 2.16. The van der Waals surface area contributed by atoms with Crippen molar-refractivity contribution in [1.29, 1.82) is 0 Å². The first-order chi connectivity index (χ1) is 6.61. The molecule has 0 unspecified atom stereocenters. The molecule has 1 rings (SSSR count). The van der Waals surface area contributed by atoms with Crippen LogP contribution in [0.5, 0.6) is 0 Å². The third kappa shape index (κ3) is 3.14. The molecule has 0 aromatic heterocycles. The second kappa shape index (κ2) is 5.14. The summed E-state index contributed by atoms with van der Waals surface area (Å²) >= 11 is 10.9. The molecule has 76 valence electrons. The van der Waals surface area contributed by atoms with Gasteiger partial charge in [0.25, 0.3) is 0 Å². The summed E-state index contributed by atoms with van der Waals surface area (Å²) in [6, 6.07) is 7.60. The van der Waals surface area contributed by atoms with Gasteiger partial charge in [-0.15, -0.1) is 0 Å². The van der Waals surface area contributed by atoms with Gasteiger partial charge in [-0.05, 0) is 23.8 Å². The lowest BCUT2D eigenvalue weighted by atomic mass is 10.2. The van der Waals surface area contributed by atoms with Gasteiger partial charge in [0.1, 0.15) is 0 Å². The van der Waals surface area contributed by atoms with Crippen LogP contribution in [0.4, 0.5) is 0 Å². The summed E-state index contributed by atoms with van der Waals surface area (Å²) in [6.45, 7) is 0.583. The van der Waals surface area contributed by atoms with E-state index in [1.165, 1.54) is 5.01 Å². The van der Waals surface area contributed by atoms with E-state index in [9.17, 15) is 0 Å². The van der Waals surface area contributed by atoms with Crippen LogP contribution < -0.4 is 11.2 Å². The Labute approximate surface area is 93.8 Å². The molecule has 5 heteroatoms. The molecular weight excluding hydrogens is 218 g/mol. The van der Waals surface area contributed by atoms with E-state index in [0.717, 1.165) is 10.6 Å². The van der Waals surface area contributed by atoms with E-state index >= 15 is 0 Å². The van der Waals surface area contributed by atoms with Crippen molar-refractivity contribution in [3.8, 4) is 0 Å². The maximum Gasteiger partial charge on any atom is 0.183 e. The number of benzene rings is 1. The van der Waals surface area contributed by atoms with Gasteiger partial charge < -0.3 is 5.32 Å². The van der Waals surface area contributed by atoms with Crippen LogP contribution in [0.3, 0.4) is 0 Å². The largest absolute Gasteiger partial charge is 0.357 e. The first-order valence-corrected chi connectivity index (χ1v) is 4.89. The van der Waals surface area contributed by atoms with E-state index in [1.807, 2.05) is 24.3 Å². The van der Waals surface area contributed by atoms with E-state index in [2.05, 4.69) is 5.32 Å². The summed E-state index contributed by atoms with van der Waals surface area (Å²) in [7, 11) is 1.68. The van der Waals surface area contributed by atoms with Gasteiger partial charge in [-0.1, -0.05) is 29.8 Å². The number of hydrogen-bond acceptors (Lipinski definition) is 2. The minimum atomic E-state index is 0.491. The molecule has 0 radical (unpaired) electrons. The molecule has 0 amide bonds. The zero-order chi connectivity index (χ0) is 10.6. The van der Waals surface area contributed by atoms with Crippen molar-refractivity contribution in [1.82, 2.24) is 10.3 Å². The Hall–Kier alpha value is -0.840. The maximum atomic E-state index is 5.96. The fourth-order valence-electron chi connectivity index (χ4n) is 0.937. The Bertz CT molecular complexity index is 328. The number of rotatable bonds is 2. The van der Waals surface area contributed by atoms with Crippen molar-refractivity contribution in [3.63, 3.8) is 0 Å². The first kappa shape index (κ1) is 11.2. The first-order valence-electron chi connectivity index (χ1n) is 4.11. The molecule has 0 spiro atoms. The smallest absolute Gasteiger partial charge is 0.183 e. The lowest BCUT2D eigenvalue weighted by Crippen LogP contribution is -2.41. The highest BCUT2D eigenvalue weighted by Crippen LogP contribution is 2.14. The molecule has 3 nitrogen and oxygen atoms in total. The topological polar surface area (TPSA) is 41.3 Å². The van der Waals surface area contributed by atoms with Crippen molar-refractivity contribution in [2.45, 2.75) is 6.54 Å². The van der Waals surface area contributed by atoms with Crippen LogP contribution in [0.25, 0.3) is 0 Å². The number of thiocarbonyl (C=S) groups is 1. The van der Waals surface area contributed by atoms with Crippen molar-refractivity contribution >= 4 is 28.9 Å². The van der Waals surface area contributed by atoms with Gasteiger partial charge in [-0.2, -0.15) is 0 Å². The SMILES string of the molecule is CN(N)C(=S)NCc1ccccc1Cl. The lowest BCUT2D eigenvalue weighted by Gasteiger charge is -2.15. The van der Waals surface area contributed by atoms with Gasteiger partial charge in [0.2, 0.25) is 0 Å². The van der Waals surface area contributed by atoms with Crippen molar-refractivity contribution in [2.24, 2.45) is 5.84 Å². The molecule has 0 saturated carbocycles. The molecule has 0 aliphatic carbocycles. The van der Waals surface area contributed by atoms with Crippen LogP contribution in [0.15, 0.2) is 24.3 Å². The molecule has 14 heavy (non-hydrogen) atoms. The van der Waals surface area contributed by atoms with Crippen LogP contribution in [0.2, 0.25) is 5.02 Å². The zero-order valence-corrected chi connectivity index (χ0v) is 9.40. The van der Waals surface area contributed by atoms with E-state index < -0.39 is 0 Å². The zero-order valence-electron chi connectivity index (χ0n) is 7.83. The molecule has 0 bridgehead atoms. The van der Waals surface area contributed by atoms with Crippen LogP contribution in [-0.2, 0) is 6.54 Å². The number of hydrazine groups is 1. The summed E-state index contributed by atoms with van der Waals surface area (Å²) < 4.78 is 0. The highest BCUT2D eigenvalue weighted by atomic mass is 35.5. The highest BCUT2D eigenvalue weighted by molar-refractivity contribution is 7.80. The summed E-state index contributed by atoms with van der Waals surface area (Å²) in [4.78, 5) is 0. The number of hydrogen-bond donors (Lipinski definition) is 2. The third-order valence-corrected chi connectivity index (χ3v) is 2.51. The summed E-state index contributed by atoms with van der Waals surface area (Å²) in [5, 5.41) is 5.56. The van der Waals surface area contributed by atoms with Gasteiger partial charge in [0.15, 0.2) is 5.11 Å². The Morgan fingerprint density at radius 1 is 1.57 bits per heavy atom. The second-order valence-electron chi connectivity index (χ2n) is 2.86. The summed E-state index contributed by atoms with van der Waals surface area (Å²) in [6.07, 6.45) is 0. The fraction of sp³-hybridized carbons (Fsp3) is 0.222. The summed E-state index contributed by atoms with van der Waals surface area (Å²) in [5.74, 6) is 5.43. The monoisotopic (exact) mass is 229 g/mol. The number of halogens is 1. The van der Waals surface area contributed by atoms with E-state index in [0.29, 0.717) is 11.7 Å². The minimum Gasteiger partial charge on any atom is -0.357 e. The number of nitrogens with one attached hydrogen (secondary N) is 1. The molecule has 3 N–H and O–H groups in total. The van der Waals surface area contributed by atoms with Crippen molar-refractivity contribution in [3.05, 3.63) is 34.9 Å². The standard InChI is InChI=1S/C9H12ClN3S/c1-13(11)9(14)12-6-7-4-2-3-5-8(7)10/h2-5H,6,11H2,1H3,(H,12,14). The van der Waals surface area contributed by atoms with Crippen molar-refractivity contribution in [2.75, 3.05) is 7.05 Å². The van der Waals surface area contributed by atoms with Gasteiger partial charge in [-0.3, -0.25) is 5.01 Å². The van der Waals surface area contributed by atoms with Crippen molar-refractivity contribution < 1.29 is 0 Å². The van der Waals surface area contributed by atoms with Crippen LogP contribution in [-0.4, -0.2) is 17.2 Å². The average molecular weight is 230 g/mol. The van der Waals surface area contributed by atoms with E-state index in [-0.39, 0.29) is 0 Å². The predicted octanol–water partition coefficient (Wildman–Crippen LogP) is 1.52. The third-order valence-electron chi connectivity index (χ3n) is 1.71. The Kier molecular flexibility index (Phi) is 4.13. The molecule has 0 heterocycles. The maximum absolute atomic E-state index is 5.96. The van der Waals surface area contributed by atoms with Gasteiger partial charge in [-0.25, -0.2) is 5.84 Å². The normalized spacial score (nSPS) is 9.64. The molecule has 1 aromatic carbocycles. The Morgan fingerprint density at radius 2 is 2.21 bits per heavy atom. The molecule has 0 saturated heterocycles.